The number of hydrogen-bond donors (Lipinski definition) is 1. The maximum absolute atomic E-state index is 5.90. The van der Waals surface area contributed by atoms with Crippen molar-refractivity contribution in [1.82, 2.24) is 4.90 Å². The van der Waals surface area contributed by atoms with Gasteiger partial charge in [-0.15, -0.1) is 11.3 Å². The van der Waals surface area contributed by atoms with Gasteiger partial charge >= 0.3 is 0 Å². The molecule has 0 unspecified atom stereocenters. The highest BCUT2D eigenvalue weighted by Crippen LogP contribution is 2.31. The second kappa shape index (κ2) is 3.22. The lowest BCUT2D eigenvalue weighted by Gasteiger charge is -2.39. The molecule has 1 fully saturated rings. The molecule has 0 saturated carbocycles. The number of ether oxygens (including phenoxy) is 1. The van der Waals surface area contributed by atoms with E-state index < -0.39 is 0 Å². The molecule has 1 saturated heterocycles. The Hall–Kier alpha value is -0.580. The molecule has 14 heavy (non-hydrogen) atoms. The zero-order valence-corrected chi connectivity index (χ0v) is 8.85. The molecule has 3 rings (SSSR count). The molecule has 1 aromatic rings. The van der Waals surface area contributed by atoms with E-state index in [1.807, 2.05) is 0 Å². The summed E-state index contributed by atoms with van der Waals surface area (Å²) in [4.78, 5) is 3.97. The van der Waals surface area contributed by atoms with Gasteiger partial charge in [-0.3, -0.25) is 4.90 Å². The normalized spacial score (nSPS) is 23.1. The van der Waals surface area contributed by atoms with Crippen LogP contribution in [0.3, 0.4) is 0 Å². The van der Waals surface area contributed by atoms with Crippen molar-refractivity contribution in [2.75, 3.05) is 25.5 Å². The topological polar surface area (TPSA) is 38.5 Å². The van der Waals surface area contributed by atoms with Gasteiger partial charge in [-0.05, 0) is 12.0 Å². The first-order chi connectivity index (χ1) is 6.84. The van der Waals surface area contributed by atoms with E-state index in [2.05, 4.69) is 10.3 Å². The van der Waals surface area contributed by atoms with Crippen LogP contribution in [0, 0.1) is 0 Å². The summed E-state index contributed by atoms with van der Waals surface area (Å²) in [6, 6.07) is 0.659. The van der Waals surface area contributed by atoms with Gasteiger partial charge in [0.15, 0.2) is 0 Å². The molecule has 2 aliphatic rings. The summed E-state index contributed by atoms with van der Waals surface area (Å²) in [5.74, 6) is 0. The number of nitrogens with two attached hydrogens (primary N) is 1. The SMILES string of the molecule is Nc1csc2c1CCN(C1COC1)C2. The summed E-state index contributed by atoms with van der Waals surface area (Å²) in [6.45, 7) is 4.04. The maximum Gasteiger partial charge on any atom is 0.0645 e. The van der Waals surface area contributed by atoms with Crippen LogP contribution in [-0.2, 0) is 17.7 Å². The van der Waals surface area contributed by atoms with Crippen molar-refractivity contribution in [2.24, 2.45) is 0 Å². The van der Waals surface area contributed by atoms with Crippen LogP contribution in [0.4, 0.5) is 5.69 Å². The minimum Gasteiger partial charge on any atom is -0.398 e. The van der Waals surface area contributed by atoms with Crippen LogP contribution in [-0.4, -0.2) is 30.7 Å². The third-order valence-electron chi connectivity index (χ3n) is 3.15. The summed E-state index contributed by atoms with van der Waals surface area (Å²) in [6.07, 6.45) is 1.11. The lowest BCUT2D eigenvalue weighted by Crippen LogP contribution is -2.50. The molecule has 3 nitrogen and oxygen atoms in total. The number of rotatable bonds is 1. The Morgan fingerprint density at radius 1 is 1.50 bits per heavy atom. The highest BCUT2D eigenvalue weighted by Gasteiger charge is 2.29. The van der Waals surface area contributed by atoms with Gasteiger partial charge in [0.1, 0.15) is 0 Å². The molecule has 4 heteroatoms. The van der Waals surface area contributed by atoms with Crippen LogP contribution >= 0.6 is 11.3 Å². The molecule has 0 spiro atoms. The van der Waals surface area contributed by atoms with E-state index in [0.717, 1.165) is 38.4 Å². The van der Waals surface area contributed by atoms with Crippen molar-refractivity contribution in [1.29, 1.82) is 0 Å². The number of nitrogens with zero attached hydrogens (tertiary/aromatic N) is 1. The molecule has 0 amide bonds. The summed E-state index contributed by atoms with van der Waals surface area (Å²) in [7, 11) is 0. The van der Waals surface area contributed by atoms with E-state index in [9.17, 15) is 0 Å². The molecule has 1 aromatic heterocycles. The predicted molar refractivity (Wildman–Crippen MR) is 57.5 cm³/mol. The number of thiophene rings is 1. The average molecular weight is 210 g/mol. The quantitative estimate of drug-likeness (QED) is 0.754. The van der Waals surface area contributed by atoms with Crippen molar-refractivity contribution in [3.63, 3.8) is 0 Å². The molecule has 0 radical (unpaired) electrons. The first-order valence-corrected chi connectivity index (χ1v) is 5.89. The van der Waals surface area contributed by atoms with Gasteiger partial charge in [-0.25, -0.2) is 0 Å². The zero-order valence-electron chi connectivity index (χ0n) is 8.03. The van der Waals surface area contributed by atoms with Crippen LogP contribution < -0.4 is 5.73 Å². The average Bonchev–Trinajstić information content (AvgIpc) is 2.45. The molecule has 3 heterocycles. The van der Waals surface area contributed by atoms with E-state index >= 15 is 0 Å². The van der Waals surface area contributed by atoms with E-state index in [1.165, 1.54) is 10.4 Å². The van der Waals surface area contributed by atoms with Crippen LogP contribution in [0.5, 0.6) is 0 Å². The minimum absolute atomic E-state index is 0.659. The van der Waals surface area contributed by atoms with Gasteiger partial charge in [0.25, 0.3) is 0 Å². The molecular weight excluding hydrogens is 196 g/mol. The lowest BCUT2D eigenvalue weighted by atomic mass is 10.0. The Balaban J connectivity index is 1.79. The molecular formula is C10H14N2OS. The second-order valence-electron chi connectivity index (χ2n) is 4.00. The number of hydrogen-bond acceptors (Lipinski definition) is 4. The Kier molecular flexibility index (Phi) is 2.00. The lowest BCUT2D eigenvalue weighted by molar-refractivity contribution is -0.0690. The first-order valence-electron chi connectivity index (χ1n) is 5.01. The van der Waals surface area contributed by atoms with Gasteiger partial charge < -0.3 is 10.5 Å². The second-order valence-corrected chi connectivity index (χ2v) is 4.97. The fourth-order valence-electron chi connectivity index (χ4n) is 2.12. The molecule has 2 aliphatic heterocycles. The van der Waals surface area contributed by atoms with Gasteiger partial charge in [-0.2, -0.15) is 0 Å². The maximum atomic E-state index is 5.90. The smallest absolute Gasteiger partial charge is 0.0645 e. The molecule has 0 aliphatic carbocycles. The molecule has 0 aromatic carbocycles. The van der Waals surface area contributed by atoms with E-state index in [-0.39, 0.29) is 0 Å². The Morgan fingerprint density at radius 2 is 2.36 bits per heavy atom. The first kappa shape index (κ1) is 8.71. The summed E-state index contributed by atoms with van der Waals surface area (Å²) in [5, 5.41) is 2.07. The zero-order chi connectivity index (χ0) is 9.54. The minimum atomic E-state index is 0.659. The molecule has 2 N–H and O–H groups in total. The van der Waals surface area contributed by atoms with Crippen molar-refractivity contribution in [2.45, 2.75) is 19.0 Å². The summed E-state index contributed by atoms with van der Waals surface area (Å²) >= 11 is 1.80. The molecule has 76 valence electrons. The third-order valence-corrected chi connectivity index (χ3v) is 4.18. The number of fused-ring (bicyclic) bond motifs is 1. The van der Waals surface area contributed by atoms with Gasteiger partial charge in [0.05, 0.1) is 19.3 Å². The van der Waals surface area contributed by atoms with Gasteiger partial charge in [0.2, 0.25) is 0 Å². The van der Waals surface area contributed by atoms with Crippen LogP contribution in [0.15, 0.2) is 5.38 Å². The van der Waals surface area contributed by atoms with Crippen molar-refractivity contribution < 1.29 is 4.74 Å². The largest absolute Gasteiger partial charge is 0.398 e. The Labute approximate surface area is 87.5 Å². The summed E-state index contributed by atoms with van der Waals surface area (Å²) in [5.41, 5.74) is 8.29. The van der Waals surface area contributed by atoms with Crippen LogP contribution in [0.25, 0.3) is 0 Å². The fraction of sp³-hybridized carbons (Fsp3) is 0.600. The van der Waals surface area contributed by atoms with Crippen LogP contribution in [0.1, 0.15) is 10.4 Å². The van der Waals surface area contributed by atoms with Crippen LogP contribution in [0.2, 0.25) is 0 Å². The summed E-state index contributed by atoms with van der Waals surface area (Å²) < 4.78 is 5.22. The van der Waals surface area contributed by atoms with Gasteiger partial charge in [-0.1, -0.05) is 0 Å². The highest BCUT2D eigenvalue weighted by atomic mass is 32.1. The van der Waals surface area contributed by atoms with E-state index in [0.29, 0.717) is 6.04 Å². The monoisotopic (exact) mass is 210 g/mol. The predicted octanol–water partition coefficient (Wildman–Crippen LogP) is 1.09. The van der Waals surface area contributed by atoms with Crippen molar-refractivity contribution in [3.8, 4) is 0 Å². The molecule has 0 atom stereocenters. The van der Waals surface area contributed by atoms with E-state index in [1.54, 1.807) is 11.3 Å². The fourth-order valence-corrected chi connectivity index (χ4v) is 3.13. The molecule has 0 bridgehead atoms. The Morgan fingerprint density at radius 3 is 3.07 bits per heavy atom. The number of anilines is 1. The Bertz CT molecular complexity index is 346. The van der Waals surface area contributed by atoms with Crippen molar-refractivity contribution >= 4 is 17.0 Å². The highest BCUT2D eigenvalue weighted by molar-refractivity contribution is 7.10. The van der Waals surface area contributed by atoms with E-state index in [4.69, 9.17) is 10.5 Å². The standard InChI is InChI=1S/C10H14N2OS/c11-9-6-14-10-3-12(2-1-8(9)10)7-4-13-5-7/h6-7H,1-5,11H2. The third kappa shape index (κ3) is 1.26. The van der Waals surface area contributed by atoms with Crippen molar-refractivity contribution in [3.05, 3.63) is 15.8 Å². The van der Waals surface area contributed by atoms with Gasteiger partial charge in [0, 0.05) is 29.0 Å². The number of nitrogen functional groups attached to an aromatic ring is 1.